The highest BCUT2D eigenvalue weighted by Crippen LogP contribution is 2.15. The van der Waals surface area contributed by atoms with Crippen molar-refractivity contribution >= 4 is 6.09 Å². The first kappa shape index (κ1) is 15.3. The number of hydrogen-bond acceptors (Lipinski definition) is 3. The SMILES string of the molecule is CC(C)CCN1CCC(OC(=O)NC(C)(C)C)C1. The van der Waals surface area contributed by atoms with Gasteiger partial charge >= 0.3 is 6.09 Å². The Morgan fingerprint density at radius 1 is 1.44 bits per heavy atom. The predicted molar refractivity (Wildman–Crippen MR) is 73.7 cm³/mol. The molecular formula is C14H28N2O2. The minimum absolute atomic E-state index is 0.0551. The lowest BCUT2D eigenvalue weighted by atomic mass is 10.1. The van der Waals surface area contributed by atoms with Crippen molar-refractivity contribution in [1.82, 2.24) is 10.2 Å². The van der Waals surface area contributed by atoms with Gasteiger partial charge in [0.05, 0.1) is 0 Å². The summed E-state index contributed by atoms with van der Waals surface area (Å²) in [5.41, 5.74) is -0.229. The summed E-state index contributed by atoms with van der Waals surface area (Å²) in [5.74, 6) is 0.731. The van der Waals surface area contributed by atoms with Crippen molar-refractivity contribution in [3.63, 3.8) is 0 Å². The van der Waals surface area contributed by atoms with Crippen molar-refractivity contribution < 1.29 is 9.53 Å². The molecule has 0 aliphatic carbocycles. The second-order valence-electron chi connectivity index (χ2n) is 6.67. The van der Waals surface area contributed by atoms with Gasteiger partial charge in [-0.1, -0.05) is 13.8 Å². The summed E-state index contributed by atoms with van der Waals surface area (Å²) >= 11 is 0. The molecule has 1 fully saturated rings. The number of amides is 1. The van der Waals surface area contributed by atoms with Gasteiger partial charge < -0.3 is 10.1 Å². The molecule has 1 heterocycles. The van der Waals surface area contributed by atoms with Crippen LogP contribution in [-0.2, 0) is 4.74 Å². The van der Waals surface area contributed by atoms with Crippen LogP contribution in [0.3, 0.4) is 0 Å². The zero-order valence-electron chi connectivity index (χ0n) is 12.5. The van der Waals surface area contributed by atoms with Crippen molar-refractivity contribution in [2.24, 2.45) is 5.92 Å². The third kappa shape index (κ3) is 6.24. The first-order valence-electron chi connectivity index (χ1n) is 6.97. The maximum Gasteiger partial charge on any atom is 0.407 e. The lowest BCUT2D eigenvalue weighted by molar-refractivity contribution is 0.0938. The van der Waals surface area contributed by atoms with Gasteiger partial charge in [-0.25, -0.2) is 4.79 Å². The molecule has 18 heavy (non-hydrogen) atoms. The highest BCUT2D eigenvalue weighted by Gasteiger charge is 2.26. The summed E-state index contributed by atoms with van der Waals surface area (Å²) < 4.78 is 5.43. The van der Waals surface area contributed by atoms with Crippen LogP contribution in [-0.4, -0.2) is 42.3 Å². The first-order valence-corrected chi connectivity index (χ1v) is 6.97. The van der Waals surface area contributed by atoms with E-state index in [1.807, 2.05) is 20.8 Å². The number of hydrogen-bond donors (Lipinski definition) is 1. The van der Waals surface area contributed by atoms with Crippen LogP contribution in [0.25, 0.3) is 0 Å². The molecule has 1 atom stereocenters. The smallest absolute Gasteiger partial charge is 0.407 e. The molecular weight excluding hydrogens is 228 g/mol. The minimum atomic E-state index is -0.293. The van der Waals surface area contributed by atoms with E-state index < -0.39 is 0 Å². The molecule has 4 nitrogen and oxygen atoms in total. The van der Waals surface area contributed by atoms with Crippen molar-refractivity contribution in [1.29, 1.82) is 0 Å². The average molecular weight is 256 g/mol. The van der Waals surface area contributed by atoms with Gasteiger partial charge in [-0.2, -0.15) is 0 Å². The van der Waals surface area contributed by atoms with E-state index in [0.29, 0.717) is 0 Å². The summed E-state index contributed by atoms with van der Waals surface area (Å²) in [6, 6.07) is 0. The van der Waals surface area contributed by atoms with E-state index in [0.717, 1.165) is 32.0 Å². The zero-order chi connectivity index (χ0) is 13.8. The molecule has 1 aliphatic heterocycles. The van der Waals surface area contributed by atoms with E-state index in [1.165, 1.54) is 6.42 Å². The summed E-state index contributed by atoms with van der Waals surface area (Å²) in [5, 5.41) is 2.83. The highest BCUT2D eigenvalue weighted by atomic mass is 16.6. The molecule has 106 valence electrons. The standard InChI is InChI=1S/C14H28N2O2/c1-11(2)6-8-16-9-7-12(10-16)18-13(17)15-14(3,4)5/h11-12H,6-10H2,1-5H3,(H,15,17). The van der Waals surface area contributed by atoms with Gasteiger partial charge in [-0.15, -0.1) is 0 Å². The number of carbonyl (C=O) groups is 1. The molecule has 0 bridgehead atoms. The fraction of sp³-hybridized carbons (Fsp3) is 0.929. The Labute approximate surface area is 111 Å². The van der Waals surface area contributed by atoms with E-state index >= 15 is 0 Å². The third-order valence-corrected chi connectivity index (χ3v) is 3.00. The maximum absolute atomic E-state index is 11.6. The van der Waals surface area contributed by atoms with E-state index in [1.54, 1.807) is 0 Å². The normalized spacial score (nSPS) is 21.3. The molecule has 1 unspecified atom stereocenters. The van der Waals surface area contributed by atoms with E-state index in [-0.39, 0.29) is 17.7 Å². The molecule has 0 aromatic carbocycles. The van der Waals surface area contributed by atoms with Crippen LogP contribution in [0.1, 0.15) is 47.5 Å². The van der Waals surface area contributed by atoms with Crippen LogP contribution in [0.15, 0.2) is 0 Å². The first-order chi connectivity index (χ1) is 8.26. The Morgan fingerprint density at radius 3 is 2.67 bits per heavy atom. The Balaban J connectivity index is 2.24. The van der Waals surface area contributed by atoms with Gasteiger partial charge in [0.1, 0.15) is 6.10 Å². The number of ether oxygens (including phenoxy) is 1. The molecule has 0 aromatic heterocycles. The largest absolute Gasteiger partial charge is 0.445 e. The monoisotopic (exact) mass is 256 g/mol. The highest BCUT2D eigenvalue weighted by molar-refractivity contribution is 5.68. The van der Waals surface area contributed by atoms with Crippen LogP contribution in [0.5, 0.6) is 0 Å². The summed E-state index contributed by atoms with van der Waals surface area (Å²) in [4.78, 5) is 14.0. The second-order valence-corrected chi connectivity index (χ2v) is 6.67. The molecule has 1 aliphatic rings. The Kier molecular flexibility index (Phi) is 5.45. The number of rotatable bonds is 4. The molecule has 1 saturated heterocycles. The van der Waals surface area contributed by atoms with E-state index in [4.69, 9.17) is 4.74 Å². The van der Waals surface area contributed by atoms with Crippen LogP contribution in [0.4, 0.5) is 4.79 Å². The average Bonchev–Trinajstić information content (AvgIpc) is 2.59. The number of likely N-dealkylation sites (tertiary alicyclic amines) is 1. The minimum Gasteiger partial charge on any atom is -0.445 e. The number of carbonyl (C=O) groups excluding carboxylic acids is 1. The molecule has 0 saturated carbocycles. The van der Waals surface area contributed by atoms with Gasteiger partial charge in [-0.3, -0.25) is 4.90 Å². The van der Waals surface area contributed by atoms with Crippen molar-refractivity contribution in [3.05, 3.63) is 0 Å². The quantitative estimate of drug-likeness (QED) is 0.840. The van der Waals surface area contributed by atoms with E-state index in [9.17, 15) is 4.79 Å². The van der Waals surface area contributed by atoms with Gasteiger partial charge in [-0.05, 0) is 46.1 Å². The molecule has 1 amide bonds. The van der Waals surface area contributed by atoms with Crippen molar-refractivity contribution in [3.8, 4) is 0 Å². The summed E-state index contributed by atoms with van der Waals surface area (Å²) in [7, 11) is 0. The second kappa shape index (κ2) is 6.41. The van der Waals surface area contributed by atoms with Crippen LogP contribution in [0.2, 0.25) is 0 Å². The molecule has 4 heteroatoms. The molecule has 0 radical (unpaired) electrons. The fourth-order valence-corrected chi connectivity index (χ4v) is 2.02. The topological polar surface area (TPSA) is 41.6 Å². The Hall–Kier alpha value is -0.770. The number of nitrogens with one attached hydrogen (secondary N) is 1. The van der Waals surface area contributed by atoms with Gasteiger partial charge in [0.2, 0.25) is 0 Å². The Morgan fingerprint density at radius 2 is 2.11 bits per heavy atom. The lowest BCUT2D eigenvalue weighted by Gasteiger charge is -2.22. The fourth-order valence-electron chi connectivity index (χ4n) is 2.02. The summed E-state index contributed by atoms with van der Waals surface area (Å²) in [6.45, 7) is 13.4. The molecule has 0 aromatic rings. The predicted octanol–water partition coefficient (Wildman–Crippen LogP) is 2.63. The Bertz CT molecular complexity index is 271. The van der Waals surface area contributed by atoms with E-state index in [2.05, 4.69) is 24.1 Å². The molecule has 1 rings (SSSR count). The lowest BCUT2D eigenvalue weighted by Crippen LogP contribution is -2.42. The van der Waals surface area contributed by atoms with Crippen LogP contribution >= 0.6 is 0 Å². The molecule has 0 spiro atoms. The van der Waals surface area contributed by atoms with Crippen molar-refractivity contribution in [2.45, 2.75) is 59.1 Å². The van der Waals surface area contributed by atoms with Crippen LogP contribution in [0, 0.1) is 5.92 Å². The van der Waals surface area contributed by atoms with Gasteiger partial charge in [0.15, 0.2) is 0 Å². The zero-order valence-corrected chi connectivity index (χ0v) is 12.5. The van der Waals surface area contributed by atoms with Gasteiger partial charge in [0, 0.05) is 18.6 Å². The molecule has 1 N–H and O–H groups in total. The maximum atomic E-state index is 11.6. The van der Waals surface area contributed by atoms with Crippen LogP contribution < -0.4 is 5.32 Å². The van der Waals surface area contributed by atoms with Gasteiger partial charge in [0.25, 0.3) is 0 Å². The summed E-state index contributed by atoms with van der Waals surface area (Å²) in [6.07, 6.45) is 1.93. The number of alkyl carbamates (subject to hydrolysis) is 1. The van der Waals surface area contributed by atoms with Crippen molar-refractivity contribution in [2.75, 3.05) is 19.6 Å². The third-order valence-electron chi connectivity index (χ3n) is 3.00. The number of nitrogens with zero attached hydrogens (tertiary/aromatic N) is 1.